The Morgan fingerprint density at radius 3 is 2.18 bits per heavy atom. The van der Waals surface area contributed by atoms with E-state index in [1.807, 2.05) is 13.8 Å². The Morgan fingerprint density at radius 1 is 1.36 bits per heavy atom. The van der Waals surface area contributed by atoms with E-state index in [4.69, 9.17) is 10.5 Å². The summed E-state index contributed by atoms with van der Waals surface area (Å²) in [6, 6.07) is 0. The van der Waals surface area contributed by atoms with E-state index in [0.29, 0.717) is 6.54 Å². The quantitative estimate of drug-likeness (QED) is 0.644. The lowest BCUT2D eigenvalue weighted by Gasteiger charge is -2.29. The van der Waals surface area contributed by atoms with Gasteiger partial charge in [0.2, 0.25) is 0 Å². The maximum atomic E-state index is 11.8. The molecule has 0 fully saturated rings. The fraction of sp³-hybridized carbons (Fsp3) is 1.00. The molecule has 0 bridgehead atoms. The minimum absolute atomic E-state index is 0.166. The standard InChI is InChI=1S/C8H18FNO/c1-3-8(4-2,7-10)11-6-5-9/h3-7,10H2,1-2H3. The van der Waals surface area contributed by atoms with Crippen LogP contribution in [0.25, 0.3) is 0 Å². The Bertz CT molecular complexity index is 85.8. The normalized spacial score (nSPS) is 12.0. The average Bonchev–Trinajstić information content (AvgIpc) is 2.08. The first-order valence-electron chi connectivity index (χ1n) is 4.14. The van der Waals surface area contributed by atoms with Gasteiger partial charge in [-0.15, -0.1) is 0 Å². The van der Waals surface area contributed by atoms with Gasteiger partial charge >= 0.3 is 0 Å². The van der Waals surface area contributed by atoms with Gasteiger partial charge < -0.3 is 10.5 Å². The number of hydrogen-bond acceptors (Lipinski definition) is 2. The zero-order valence-corrected chi connectivity index (χ0v) is 7.40. The first-order valence-corrected chi connectivity index (χ1v) is 4.14. The molecule has 0 saturated carbocycles. The summed E-state index contributed by atoms with van der Waals surface area (Å²) in [4.78, 5) is 0. The second-order valence-corrected chi connectivity index (χ2v) is 2.63. The Kier molecular flexibility index (Phi) is 5.42. The predicted octanol–water partition coefficient (Wildman–Crippen LogP) is 1.49. The Balaban J connectivity index is 3.84. The molecule has 0 aromatic heterocycles. The van der Waals surface area contributed by atoms with Crippen LogP contribution in [0.4, 0.5) is 4.39 Å². The number of ether oxygens (including phenoxy) is 1. The van der Waals surface area contributed by atoms with Gasteiger partial charge in [-0.2, -0.15) is 0 Å². The second-order valence-electron chi connectivity index (χ2n) is 2.63. The molecular weight excluding hydrogens is 145 g/mol. The maximum Gasteiger partial charge on any atom is 0.113 e. The first-order chi connectivity index (χ1) is 5.24. The number of alkyl halides is 1. The summed E-state index contributed by atoms with van der Waals surface area (Å²) in [6.07, 6.45) is 1.69. The Morgan fingerprint density at radius 2 is 1.91 bits per heavy atom. The van der Waals surface area contributed by atoms with E-state index < -0.39 is 6.67 Å². The van der Waals surface area contributed by atoms with Crippen LogP contribution in [0, 0.1) is 0 Å². The summed E-state index contributed by atoms with van der Waals surface area (Å²) in [5, 5.41) is 0. The molecule has 0 atom stereocenters. The van der Waals surface area contributed by atoms with Gasteiger partial charge in [-0.05, 0) is 12.8 Å². The largest absolute Gasteiger partial charge is 0.371 e. The molecule has 0 aromatic carbocycles. The van der Waals surface area contributed by atoms with Crippen LogP contribution in [-0.2, 0) is 4.74 Å². The molecule has 0 heterocycles. The van der Waals surface area contributed by atoms with Crippen LogP contribution in [0.5, 0.6) is 0 Å². The van der Waals surface area contributed by atoms with Crippen molar-refractivity contribution in [3.63, 3.8) is 0 Å². The van der Waals surface area contributed by atoms with E-state index in [1.54, 1.807) is 0 Å². The highest BCUT2D eigenvalue weighted by Gasteiger charge is 2.24. The van der Waals surface area contributed by atoms with Crippen LogP contribution >= 0.6 is 0 Å². The molecule has 0 unspecified atom stereocenters. The van der Waals surface area contributed by atoms with Gasteiger partial charge in [-0.1, -0.05) is 13.8 Å². The SMILES string of the molecule is CCC(CC)(CN)OCCF. The van der Waals surface area contributed by atoms with E-state index in [-0.39, 0.29) is 12.2 Å². The lowest BCUT2D eigenvalue weighted by molar-refractivity contribution is -0.0488. The minimum Gasteiger partial charge on any atom is -0.371 e. The highest BCUT2D eigenvalue weighted by atomic mass is 19.1. The molecule has 2 N–H and O–H groups in total. The van der Waals surface area contributed by atoms with Gasteiger partial charge in [0.1, 0.15) is 6.67 Å². The molecule has 0 amide bonds. The molecule has 0 aliphatic carbocycles. The van der Waals surface area contributed by atoms with E-state index in [1.165, 1.54) is 0 Å². The molecule has 2 nitrogen and oxygen atoms in total. The lowest BCUT2D eigenvalue weighted by atomic mass is 9.97. The van der Waals surface area contributed by atoms with Gasteiger partial charge in [-0.25, -0.2) is 4.39 Å². The van der Waals surface area contributed by atoms with E-state index in [9.17, 15) is 4.39 Å². The van der Waals surface area contributed by atoms with Crippen molar-refractivity contribution in [3.8, 4) is 0 Å². The van der Waals surface area contributed by atoms with Gasteiger partial charge in [0.05, 0.1) is 12.2 Å². The Hall–Kier alpha value is -0.150. The fourth-order valence-corrected chi connectivity index (χ4v) is 1.06. The zero-order valence-electron chi connectivity index (χ0n) is 7.40. The van der Waals surface area contributed by atoms with Gasteiger partial charge in [0.15, 0.2) is 0 Å². The van der Waals surface area contributed by atoms with E-state index >= 15 is 0 Å². The second kappa shape index (κ2) is 5.49. The third-order valence-corrected chi connectivity index (χ3v) is 2.15. The van der Waals surface area contributed by atoms with Gasteiger partial charge in [0.25, 0.3) is 0 Å². The van der Waals surface area contributed by atoms with Crippen molar-refractivity contribution in [2.24, 2.45) is 5.73 Å². The predicted molar refractivity (Wildman–Crippen MR) is 44.3 cm³/mol. The third kappa shape index (κ3) is 3.16. The average molecular weight is 163 g/mol. The van der Waals surface area contributed by atoms with Crippen molar-refractivity contribution < 1.29 is 9.13 Å². The molecule has 11 heavy (non-hydrogen) atoms. The molecule has 0 saturated heterocycles. The third-order valence-electron chi connectivity index (χ3n) is 2.15. The summed E-state index contributed by atoms with van der Waals surface area (Å²) in [5.41, 5.74) is 5.24. The highest BCUT2D eigenvalue weighted by Crippen LogP contribution is 2.18. The van der Waals surface area contributed by atoms with Crippen LogP contribution in [0.15, 0.2) is 0 Å². The van der Waals surface area contributed by atoms with Crippen LogP contribution in [0.3, 0.4) is 0 Å². The topological polar surface area (TPSA) is 35.2 Å². The summed E-state index contributed by atoms with van der Waals surface area (Å²) >= 11 is 0. The van der Waals surface area contributed by atoms with Crippen molar-refractivity contribution in [2.75, 3.05) is 19.8 Å². The van der Waals surface area contributed by atoms with Crippen LogP contribution in [0.1, 0.15) is 26.7 Å². The van der Waals surface area contributed by atoms with Crippen molar-refractivity contribution in [2.45, 2.75) is 32.3 Å². The first kappa shape index (κ1) is 10.8. The van der Waals surface area contributed by atoms with E-state index in [2.05, 4.69) is 0 Å². The molecule has 0 aromatic rings. The van der Waals surface area contributed by atoms with Crippen molar-refractivity contribution >= 4 is 0 Å². The molecule has 68 valence electrons. The fourth-order valence-electron chi connectivity index (χ4n) is 1.06. The molecule has 0 aliphatic rings. The molecule has 3 heteroatoms. The smallest absolute Gasteiger partial charge is 0.113 e. The van der Waals surface area contributed by atoms with Crippen LogP contribution in [-0.4, -0.2) is 25.4 Å². The van der Waals surface area contributed by atoms with Crippen LogP contribution in [0.2, 0.25) is 0 Å². The van der Waals surface area contributed by atoms with Crippen molar-refractivity contribution in [3.05, 3.63) is 0 Å². The molecule has 0 spiro atoms. The number of hydrogen-bond donors (Lipinski definition) is 1. The van der Waals surface area contributed by atoms with Gasteiger partial charge in [-0.3, -0.25) is 0 Å². The van der Waals surface area contributed by atoms with Gasteiger partial charge in [0, 0.05) is 6.54 Å². The maximum absolute atomic E-state index is 11.8. The number of nitrogens with two attached hydrogens (primary N) is 1. The molecule has 0 aliphatic heterocycles. The Labute approximate surface area is 67.9 Å². The molecule has 0 radical (unpaired) electrons. The minimum atomic E-state index is -0.429. The van der Waals surface area contributed by atoms with Crippen LogP contribution < -0.4 is 5.73 Å². The number of halogens is 1. The summed E-state index contributed by atoms with van der Waals surface area (Å²) < 4.78 is 17.1. The summed E-state index contributed by atoms with van der Waals surface area (Å²) in [5.74, 6) is 0. The number of rotatable bonds is 6. The van der Waals surface area contributed by atoms with Crippen molar-refractivity contribution in [1.29, 1.82) is 0 Å². The lowest BCUT2D eigenvalue weighted by Crippen LogP contribution is -2.40. The van der Waals surface area contributed by atoms with E-state index in [0.717, 1.165) is 12.8 Å². The highest BCUT2D eigenvalue weighted by molar-refractivity contribution is 4.78. The van der Waals surface area contributed by atoms with Crippen molar-refractivity contribution in [1.82, 2.24) is 0 Å². The summed E-state index contributed by atoms with van der Waals surface area (Å²) in [7, 11) is 0. The zero-order chi connectivity index (χ0) is 8.74. The monoisotopic (exact) mass is 163 g/mol. The molecular formula is C8H18FNO. The molecule has 0 rings (SSSR count). The summed E-state index contributed by atoms with van der Waals surface area (Å²) in [6.45, 7) is 4.23.